The molecule has 0 aliphatic carbocycles. The Kier molecular flexibility index (Phi) is 6.21. The number of benzene rings is 1. The number of aryl methyl sites for hydroxylation is 1. The molecule has 0 aromatic heterocycles. The van der Waals surface area contributed by atoms with Gasteiger partial charge in [-0.15, -0.1) is 0 Å². The van der Waals surface area contributed by atoms with Crippen molar-refractivity contribution in [3.63, 3.8) is 0 Å². The Hall–Kier alpha value is -0.910. The molecule has 0 spiro atoms. The molecular formula is C16H25NO3S. The lowest BCUT2D eigenvalue weighted by atomic mass is 9.93. The van der Waals surface area contributed by atoms with Crippen LogP contribution in [0.2, 0.25) is 0 Å². The maximum Gasteiger partial charge on any atom is 0.296 e. The summed E-state index contributed by atoms with van der Waals surface area (Å²) in [5.41, 5.74) is 1.04. The van der Waals surface area contributed by atoms with Crippen molar-refractivity contribution in [3.05, 3.63) is 29.8 Å². The summed E-state index contributed by atoms with van der Waals surface area (Å²) in [7, 11) is -3.59. The van der Waals surface area contributed by atoms with Crippen LogP contribution in [0.3, 0.4) is 0 Å². The number of hydrogen-bond donors (Lipinski definition) is 1. The zero-order valence-corrected chi connectivity index (χ0v) is 13.5. The number of hydrogen-bond acceptors (Lipinski definition) is 4. The predicted molar refractivity (Wildman–Crippen MR) is 83.8 cm³/mol. The first-order chi connectivity index (χ1) is 10.1. The number of unbranched alkanes of at least 4 members (excludes halogenated alkanes) is 1. The third-order valence-electron chi connectivity index (χ3n) is 4.01. The Morgan fingerprint density at radius 3 is 2.48 bits per heavy atom. The molecule has 0 radical (unpaired) electrons. The Bertz CT molecular complexity index is 519. The van der Waals surface area contributed by atoms with E-state index in [2.05, 4.69) is 5.32 Å². The largest absolute Gasteiger partial charge is 0.317 e. The molecule has 1 aliphatic heterocycles. The molecule has 0 amide bonds. The van der Waals surface area contributed by atoms with Crippen molar-refractivity contribution in [2.45, 2.75) is 43.9 Å². The number of nitrogens with one attached hydrogen (secondary N) is 1. The van der Waals surface area contributed by atoms with E-state index in [1.807, 2.05) is 6.92 Å². The molecule has 118 valence electrons. The van der Waals surface area contributed by atoms with E-state index in [0.29, 0.717) is 0 Å². The van der Waals surface area contributed by atoms with Crippen LogP contribution in [0.5, 0.6) is 0 Å². The fourth-order valence-electron chi connectivity index (χ4n) is 2.65. The summed E-state index contributed by atoms with van der Waals surface area (Å²) in [5.74, 6) is 0.792. The molecule has 2 rings (SSSR count). The van der Waals surface area contributed by atoms with Gasteiger partial charge in [-0.05, 0) is 57.3 Å². The molecule has 0 saturated carbocycles. The van der Waals surface area contributed by atoms with Crippen LogP contribution in [0.15, 0.2) is 29.2 Å². The van der Waals surface area contributed by atoms with E-state index in [1.165, 1.54) is 19.3 Å². The number of piperidine rings is 1. The normalized spacial score (nSPS) is 17.0. The van der Waals surface area contributed by atoms with Crippen molar-refractivity contribution in [1.82, 2.24) is 5.32 Å². The van der Waals surface area contributed by atoms with E-state index in [1.54, 1.807) is 24.3 Å². The Labute approximate surface area is 128 Å². The van der Waals surface area contributed by atoms with Gasteiger partial charge >= 0.3 is 0 Å². The molecule has 4 nitrogen and oxygen atoms in total. The van der Waals surface area contributed by atoms with Gasteiger partial charge in [0.1, 0.15) is 0 Å². The molecule has 1 heterocycles. The molecule has 0 unspecified atom stereocenters. The first kappa shape index (κ1) is 16.5. The highest BCUT2D eigenvalue weighted by atomic mass is 32.2. The van der Waals surface area contributed by atoms with Gasteiger partial charge in [-0.2, -0.15) is 8.42 Å². The van der Waals surface area contributed by atoms with E-state index in [0.717, 1.165) is 37.4 Å². The smallest absolute Gasteiger partial charge is 0.296 e. The Morgan fingerprint density at radius 1 is 1.14 bits per heavy atom. The van der Waals surface area contributed by atoms with Crippen LogP contribution in [0.4, 0.5) is 0 Å². The molecule has 1 aromatic rings. The van der Waals surface area contributed by atoms with Crippen LogP contribution in [0.25, 0.3) is 0 Å². The van der Waals surface area contributed by atoms with Crippen molar-refractivity contribution in [2.24, 2.45) is 5.92 Å². The second-order valence-corrected chi connectivity index (χ2v) is 7.39. The van der Waals surface area contributed by atoms with Gasteiger partial charge in [-0.25, -0.2) is 0 Å². The second-order valence-electron chi connectivity index (χ2n) is 5.78. The summed E-state index contributed by atoms with van der Waals surface area (Å²) in [4.78, 5) is 0.242. The molecule has 1 N–H and O–H groups in total. The lowest BCUT2D eigenvalue weighted by Gasteiger charge is -2.22. The van der Waals surface area contributed by atoms with Crippen molar-refractivity contribution < 1.29 is 12.6 Å². The van der Waals surface area contributed by atoms with Crippen LogP contribution in [0.1, 0.15) is 37.7 Å². The third-order valence-corrected chi connectivity index (χ3v) is 5.34. The average Bonchev–Trinajstić information content (AvgIpc) is 2.48. The van der Waals surface area contributed by atoms with Crippen molar-refractivity contribution in [1.29, 1.82) is 0 Å². The van der Waals surface area contributed by atoms with E-state index < -0.39 is 10.1 Å². The first-order valence-corrected chi connectivity index (χ1v) is 9.15. The van der Waals surface area contributed by atoms with Gasteiger partial charge in [0.2, 0.25) is 0 Å². The van der Waals surface area contributed by atoms with Gasteiger partial charge in [-0.3, -0.25) is 4.18 Å². The maximum absolute atomic E-state index is 12.0. The second kappa shape index (κ2) is 7.92. The van der Waals surface area contributed by atoms with Gasteiger partial charge in [0.25, 0.3) is 10.1 Å². The first-order valence-electron chi connectivity index (χ1n) is 7.75. The van der Waals surface area contributed by atoms with E-state index in [4.69, 9.17) is 4.18 Å². The standard InChI is InChI=1S/C16H25NO3S/c1-14-5-7-16(8-6-14)21(18,19)20-13-3-2-4-15-9-11-17-12-10-15/h5-8,15,17H,2-4,9-13H2,1H3. The SMILES string of the molecule is Cc1ccc(S(=O)(=O)OCCCCC2CCNCC2)cc1. The molecule has 1 aliphatic rings. The average molecular weight is 311 g/mol. The third kappa shape index (κ3) is 5.41. The molecule has 0 atom stereocenters. The minimum atomic E-state index is -3.59. The van der Waals surface area contributed by atoms with Crippen LogP contribution < -0.4 is 5.32 Å². The van der Waals surface area contributed by atoms with Crippen LogP contribution >= 0.6 is 0 Å². The summed E-state index contributed by atoms with van der Waals surface area (Å²) in [6, 6.07) is 6.76. The van der Waals surface area contributed by atoms with Gasteiger partial charge in [0.15, 0.2) is 0 Å². The van der Waals surface area contributed by atoms with E-state index in [-0.39, 0.29) is 11.5 Å². The predicted octanol–water partition coefficient (Wildman–Crippen LogP) is 2.87. The fraction of sp³-hybridized carbons (Fsp3) is 0.625. The molecule has 0 bridgehead atoms. The molecule has 1 saturated heterocycles. The van der Waals surface area contributed by atoms with Crippen LogP contribution in [0, 0.1) is 12.8 Å². The highest BCUT2D eigenvalue weighted by Crippen LogP contribution is 2.19. The summed E-state index contributed by atoms with van der Waals surface area (Å²) >= 11 is 0. The lowest BCUT2D eigenvalue weighted by Crippen LogP contribution is -2.27. The quantitative estimate of drug-likeness (QED) is 0.621. The van der Waals surface area contributed by atoms with Crippen LogP contribution in [-0.4, -0.2) is 28.1 Å². The van der Waals surface area contributed by atoms with Crippen molar-refractivity contribution >= 4 is 10.1 Å². The summed E-state index contributed by atoms with van der Waals surface area (Å²) in [6.45, 7) is 4.44. The van der Waals surface area contributed by atoms with E-state index >= 15 is 0 Å². The number of rotatable bonds is 7. The zero-order chi connectivity index (χ0) is 15.1. The molecular weight excluding hydrogens is 286 g/mol. The van der Waals surface area contributed by atoms with Gasteiger partial charge in [0.05, 0.1) is 11.5 Å². The van der Waals surface area contributed by atoms with Crippen molar-refractivity contribution in [2.75, 3.05) is 19.7 Å². The van der Waals surface area contributed by atoms with E-state index in [9.17, 15) is 8.42 Å². The minimum absolute atomic E-state index is 0.242. The zero-order valence-electron chi connectivity index (χ0n) is 12.7. The fourth-order valence-corrected chi connectivity index (χ4v) is 3.59. The van der Waals surface area contributed by atoms with Gasteiger partial charge < -0.3 is 5.32 Å². The molecule has 1 fully saturated rings. The summed E-state index contributed by atoms with van der Waals surface area (Å²) in [5, 5.41) is 3.35. The van der Waals surface area contributed by atoms with Gasteiger partial charge in [-0.1, -0.05) is 30.5 Å². The Morgan fingerprint density at radius 2 is 1.81 bits per heavy atom. The monoisotopic (exact) mass is 311 g/mol. The maximum atomic E-state index is 12.0. The highest BCUT2D eigenvalue weighted by molar-refractivity contribution is 7.86. The van der Waals surface area contributed by atoms with Crippen LogP contribution in [-0.2, 0) is 14.3 Å². The van der Waals surface area contributed by atoms with Crippen molar-refractivity contribution in [3.8, 4) is 0 Å². The Balaban J connectivity index is 1.68. The summed E-state index contributed by atoms with van der Waals surface area (Å²) in [6.07, 6.45) is 5.49. The molecule has 1 aromatic carbocycles. The topological polar surface area (TPSA) is 55.4 Å². The lowest BCUT2D eigenvalue weighted by molar-refractivity contribution is 0.290. The molecule has 21 heavy (non-hydrogen) atoms. The van der Waals surface area contributed by atoms with Gasteiger partial charge in [0, 0.05) is 0 Å². The minimum Gasteiger partial charge on any atom is -0.317 e. The highest BCUT2D eigenvalue weighted by Gasteiger charge is 2.15. The molecule has 5 heteroatoms. The summed E-state index contributed by atoms with van der Waals surface area (Å²) < 4.78 is 29.1.